The molecule has 0 radical (unpaired) electrons. The van der Waals surface area contributed by atoms with Crippen molar-refractivity contribution in [3.05, 3.63) is 192 Å². The minimum Gasteiger partial charge on any atom is -0.257 e. The third kappa shape index (κ3) is 5.50. The van der Waals surface area contributed by atoms with Gasteiger partial charge in [0.25, 0.3) is 0 Å². The van der Waals surface area contributed by atoms with Gasteiger partial charge in [-0.05, 0) is 57.6 Å². The highest BCUT2D eigenvalue weighted by molar-refractivity contribution is 6.04. The molecule has 222 valence electrons. The van der Waals surface area contributed by atoms with Gasteiger partial charge in [-0.25, -0.2) is 0 Å². The first-order valence-electron chi connectivity index (χ1n) is 15.9. The van der Waals surface area contributed by atoms with Crippen LogP contribution in [0.1, 0.15) is 47.2 Å². The largest absolute Gasteiger partial charge is 0.257 e. The van der Waals surface area contributed by atoms with Crippen molar-refractivity contribution in [1.82, 2.24) is 0 Å². The zero-order chi connectivity index (χ0) is 30.7. The van der Waals surface area contributed by atoms with Gasteiger partial charge in [0, 0.05) is 12.8 Å². The summed E-state index contributed by atoms with van der Waals surface area (Å²) in [6.07, 6.45) is 1.73. The summed E-state index contributed by atoms with van der Waals surface area (Å²) in [6.45, 7) is 0. The summed E-state index contributed by atoms with van der Waals surface area (Å²) in [7, 11) is 0. The Bertz CT molecular complexity index is 1820. The molecular weight excluding hydrogens is 560 g/mol. The molecule has 0 fully saturated rings. The van der Waals surface area contributed by atoms with Gasteiger partial charge in [0.15, 0.2) is 0 Å². The van der Waals surface area contributed by atoms with Gasteiger partial charge in [-0.1, -0.05) is 146 Å². The summed E-state index contributed by atoms with van der Waals surface area (Å²) in [5.74, 6) is 0. The predicted molar refractivity (Wildman–Crippen MR) is 190 cm³/mol. The average Bonchev–Trinajstić information content (AvgIpc) is 3.80. The fraction of sp³-hybridized carbons (Fsp3) is 0.0952. The Morgan fingerprint density at radius 2 is 0.674 bits per heavy atom. The van der Waals surface area contributed by atoms with E-state index in [0.29, 0.717) is 0 Å². The molecule has 0 bridgehead atoms. The highest BCUT2D eigenvalue weighted by Gasteiger charge is 2.31. The van der Waals surface area contributed by atoms with Crippen molar-refractivity contribution >= 4 is 22.8 Å². The molecule has 2 heterocycles. The molecule has 6 aromatic carbocycles. The Morgan fingerprint density at radius 3 is 1.02 bits per heavy atom. The second-order valence-electron chi connectivity index (χ2n) is 11.9. The topological polar surface area (TPSA) is 31.2 Å². The molecule has 0 aromatic heterocycles. The van der Waals surface area contributed by atoms with E-state index in [1.165, 1.54) is 33.4 Å². The molecule has 6 aromatic rings. The number of benzene rings is 6. The molecule has 0 unspecified atom stereocenters. The van der Waals surface area contributed by atoms with E-state index in [1.54, 1.807) is 0 Å². The van der Waals surface area contributed by atoms with Crippen LogP contribution in [0.25, 0.3) is 11.1 Å². The van der Waals surface area contributed by atoms with Crippen LogP contribution in [0, 0.1) is 0 Å². The third-order valence-corrected chi connectivity index (χ3v) is 9.00. The highest BCUT2D eigenvalue weighted by Crippen LogP contribution is 2.39. The van der Waals surface area contributed by atoms with Crippen molar-refractivity contribution in [3.63, 3.8) is 0 Å². The van der Waals surface area contributed by atoms with Gasteiger partial charge in [-0.15, -0.1) is 0 Å². The molecule has 0 amide bonds. The molecule has 0 saturated heterocycles. The lowest BCUT2D eigenvalue weighted by Gasteiger charge is -2.25. The van der Waals surface area contributed by atoms with Crippen molar-refractivity contribution in [3.8, 4) is 11.1 Å². The van der Waals surface area contributed by atoms with Gasteiger partial charge in [-0.2, -0.15) is 10.2 Å². The quantitative estimate of drug-likeness (QED) is 0.184. The maximum Gasteiger partial charge on any atom is 0.0831 e. The van der Waals surface area contributed by atoms with Crippen molar-refractivity contribution in [2.45, 2.75) is 24.9 Å². The van der Waals surface area contributed by atoms with Crippen molar-refractivity contribution in [1.29, 1.82) is 0 Å². The van der Waals surface area contributed by atoms with Crippen LogP contribution >= 0.6 is 0 Å². The Hall–Kier alpha value is -5.74. The highest BCUT2D eigenvalue weighted by atomic mass is 15.5. The number of hydrogen-bond acceptors (Lipinski definition) is 4. The van der Waals surface area contributed by atoms with Crippen LogP contribution in [0.3, 0.4) is 0 Å². The fourth-order valence-electron chi connectivity index (χ4n) is 6.59. The number of nitrogens with zero attached hydrogens (tertiary/aromatic N) is 4. The Labute approximate surface area is 270 Å². The molecule has 46 heavy (non-hydrogen) atoms. The number of rotatable bonds is 7. The van der Waals surface area contributed by atoms with Crippen LogP contribution in [-0.4, -0.2) is 11.4 Å². The van der Waals surface area contributed by atoms with E-state index in [1.807, 2.05) is 0 Å². The second-order valence-corrected chi connectivity index (χ2v) is 11.9. The molecule has 4 nitrogen and oxygen atoms in total. The molecule has 2 aliphatic heterocycles. The zero-order valence-electron chi connectivity index (χ0n) is 25.5. The van der Waals surface area contributed by atoms with Crippen LogP contribution in [0.4, 0.5) is 11.4 Å². The third-order valence-electron chi connectivity index (χ3n) is 9.00. The van der Waals surface area contributed by atoms with E-state index >= 15 is 0 Å². The zero-order valence-corrected chi connectivity index (χ0v) is 25.5. The van der Waals surface area contributed by atoms with E-state index in [4.69, 9.17) is 10.2 Å². The van der Waals surface area contributed by atoms with Crippen LogP contribution in [0.2, 0.25) is 0 Å². The van der Waals surface area contributed by atoms with Crippen molar-refractivity contribution < 1.29 is 0 Å². The van der Waals surface area contributed by atoms with E-state index in [0.717, 1.165) is 35.6 Å². The fourth-order valence-corrected chi connectivity index (χ4v) is 6.59. The first-order valence-corrected chi connectivity index (χ1v) is 15.9. The SMILES string of the molecule is c1ccc(C2=NN(c3ccc(-c4ccc(N5N=C(c6ccccc6)C[C@H]5c5ccccc5)cc4)cc3)[C@H](c3ccccc3)C2)cc1. The Kier molecular flexibility index (Phi) is 7.45. The standard InChI is InChI=1S/C42H34N4/c1-5-13-33(14-6-1)39-29-41(35-17-9-3-10-18-35)45(43-39)37-25-21-31(22-26-37)32-23-27-38(28-24-32)46-42(36-19-11-4-12-20-36)30-40(44-46)34-15-7-2-8-16-34/h1-28,41-42H,29-30H2/t41-,42-/m0/s1. The first-order chi connectivity index (χ1) is 22.8. The monoisotopic (exact) mass is 594 g/mol. The minimum atomic E-state index is 0.154. The normalized spacial score (nSPS) is 17.6. The Morgan fingerprint density at radius 1 is 0.348 bits per heavy atom. The molecule has 2 atom stereocenters. The van der Waals surface area contributed by atoms with Gasteiger partial charge < -0.3 is 0 Å². The smallest absolute Gasteiger partial charge is 0.0831 e. The van der Waals surface area contributed by atoms with Crippen LogP contribution in [-0.2, 0) is 0 Å². The molecule has 0 aliphatic carbocycles. The van der Waals surface area contributed by atoms with Crippen molar-refractivity contribution in [2.24, 2.45) is 10.2 Å². The van der Waals surface area contributed by atoms with Gasteiger partial charge in [0.1, 0.15) is 0 Å². The van der Waals surface area contributed by atoms with Gasteiger partial charge >= 0.3 is 0 Å². The minimum absolute atomic E-state index is 0.154. The molecule has 8 rings (SSSR count). The van der Waals surface area contributed by atoms with Crippen LogP contribution in [0.15, 0.2) is 180 Å². The van der Waals surface area contributed by atoms with Gasteiger partial charge in [0.05, 0.1) is 34.9 Å². The first kappa shape index (κ1) is 27.8. The van der Waals surface area contributed by atoms with Gasteiger partial charge in [0.2, 0.25) is 0 Å². The molecule has 0 N–H and O–H groups in total. The van der Waals surface area contributed by atoms with Crippen molar-refractivity contribution in [2.75, 3.05) is 10.0 Å². The number of anilines is 2. The predicted octanol–water partition coefficient (Wildman–Crippen LogP) is 10.1. The van der Waals surface area contributed by atoms with E-state index in [9.17, 15) is 0 Å². The molecular formula is C42H34N4. The van der Waals surface area contributed by atoms with E-state index < -0.39 is 0 Å². The summed E-state index contributed by atoms with van der Waals surface area (Å²) >= 11 is 0. The van der Waals surface area contributed by atoms with E-state index in [-0.39, 0.29) is 12.1 Å². The molecule has 0 saturated carbocycles. The van der Waals surface area contributed by atoms with Crippen LogP contribution in [0.5, 0.6) is 0 Å². The molecule has 2 aliphatic rings. The summed E-state index contributed by atoms with van der Waals surface area (Å²) in [5.41, 5.74) is 11.6. The maximum atomic E-state index is 5.14. The lowest BCUT2D eigenvalue weighted by atomic mass is 9.98. The lowest BCUT2D eigenvalue weighted by molar-refractivity contribution is 0.709. The van der Waals surface area contributed by atoms with E-state index in [2.05, 4.69) is 180 Å². The van der Waals surface area contributed by atoms with Gasteiger partial charge in [-0.3, -0.25) is 10.0 Å². The van der Waals surface area contributed by atoms with Crippen LogP contribution < -0.4 is 10.0 Å². The molecule has 4 heteroatoms. The summed E-state index contributed by atoms with van der Waals surface area (Å²) < 4.78 is 0. The maximum absolute atomic E-state index is 5.14. The summed E-state index contributed by atoms with van der Waals surface area (Å²) in [6, 6.07) is 60.3. The number of hydrogen-bond donors (Lipinski definition) is 0. The summed E-state index contributed by atoms with van der Waals surface area (Å²) in [5, 5.41) is 14.6. The summed E-state index contributed by atoms with van der Waals surface area (Å²) in [4.78, 5) is 0. The second kappa shape index (κ2) is 12.3. The Balaban J connectivity index is 1.07. The average molecular weight is 595 g/mol. The molecule has 0 spiro atoms. The lowest BCUT2D eigenvalue weighted by Crippen LogP contribution is -2.18. The number of hydrazone groups is 2.